The predicted octanol–water partition coefficient (Wildman–Crippen LogP) is 3.59. The van der Waals surface area contributed by atoms with E-state index in [-0.39, 0.29) is 11.7 Å². The smallest absolute Gasteiger partial charge is 0.264 e. The molecule has 2 aromatic rings. The van der Waals surface area contributed by atoms with Crippen molar-refractivity contribution in [2.24, 2.45) is 4.99 Å². The number of carbonyl (C=O) groups is 1. The van der Waals surface area contributed by atoms with Crippen LogP contribution in [0.2, 0.25) is 0 Å². The molecule has 1 aliphatic rings. The molecule has 0 unspecified atom stereocenters. The molecule has 0 aliphatic carbocycles. The summed E-state index contributed by atoms with van der Waals surface area (Å²) in [6.45, 7) is 2.01. The summed E-state index contributed by atoms with van der Waals surface area (Å²) in [6.07, 6.45) is 1.66. The summed E-state index contributed by atoms with van der Waals surface area (Å²) in [4.78, 5) is 16.9. The van der Waals surface area contributed by atoms with Crippen LogP contribution in [0.3, 0.4) is 0 Å². The molecule has 22 heavy (non-hydrogen) atoms. The Labute approximate surface area is 132 Å². The molecule has 110 valence electrons. The predicted molar refractivity (Wildman–Crippen MR) is 90.1 cm³/mol. The van der Waals surface area contributed by atoms with Crippen molar-refractivity contribution in [3.05, 3.63) is 64.6 Å². The molecule has 2 N–H and O–H groups in total. The number of phenols is 1. The molecule has 3 rings (SSSR count). The van der Waals surface area contributed by atoms with E-state index in [1.165, 1.54) is 11.8 Å². The Balaban J connectivity index is 1.84. The molecule has 0 atom stereocenters. The molecule has 0 bridgehead atoms. The van der Waals surface area contributed by atoms with Crippen LogP contribution in [-0.2, 0) is 4.79 Å². The van der Waals surface area contributed by atoms with E-state index < -0.39 is 0 Å². The summed E-state index contributed by atoms with van der Waals surface area (Å²) in [5.41, 5.74) is 2.56. The van der Waals surface area contributed by atoms with E-state index >= 15 is 0 Å². The van der Waals surface area contributed by atoms with Crippen LogP contribution in [0.4, 0.5) is 5.69 Å². The number of nitrogens with one attached hydrogen (secondary N) is 1. The highest BCUT2D eigenvalue weighted by Crippen LogP contribution is 2.30. The van der Waals surface area contributed by atoms with Gasteiger partial charge in [-0.25, -0.2) is 4.99 Å². The first kappa shape index (κ1) is 14.4. The third-order valence-corrected chi connectivity index (χ3v) is 4.05. The fraction of sp³-hybridized carbons (Fsp3) is 0.0588. The van der Waals surface area contributed by atoms with Gasteiger partial charge in [-0.05, 0) is 43.0 Å². The van der Waals surface area contributed by atoms with Crippen LogP contribution in [0.25, 0.3) is 6.08 Å². The highest BCUT2D eigenvalue weighted by molar-refractivity contribution is 8.18. The topological polar surface area (TPSA) is 61.7 Å². The lowest BCUT2D eigenvalue weighted by Crippen LogP contribution is -2.19. The molecule has 5 heteroatoms. The Hall–Kier alpha value is -2.53. The number of benzene rings is 2. The standard InChI is InChI=1S/C17H14N2O2S/c1-11-6-8-13(9-7-11)18-17-19-16(21)15(22-17)10-12-4-2-3-5-14(12)20/h2-10,20H,1H3,(H,18,19,21)/b15-10-. The minimum Gasteiger partial charge on any atom is -0.507 e. The van der Waals surface area contributed by atoms with Gasteiger partial charge < -0.3 is 10.4 Å². The summed E-state index contributed by atoms with van der Waals surface area (Å²) < 4.78 is 0. The van der Waals surface area contributed by atoms with Gasteiger partial charge in [-0.1, -0.05) is 35.9 Å². The van der Waals surface area contributed by atoms with Crippen LogP contribution in [0.15, 0.2) is 58.4 Å². The van der Waals surface area contributed by atoms with Crippen molar-refractivity contribution < 1.29 is 9.90 Å². The molecule has 0 aromatic heterocycles. The molecule has 1 fully saturated rings. The first-order valence-electron chi connectivity index (χ1n) is 6.76. The number of nitrogens with zero attached hydrogens (tertiary/aromatic N) is 1. The number of para-hydroxylation sites is 1. The molecular weight excluding hydrogens is 296 g/mol. The molecular formula is C17H14N2O2S. The second-order valence-corrected chi connectivity index (χ2v) is 5.91. The normalized spacial score (nSPS) is 18.0. The maximum absolute atomic E-state index is 12.0. The van der Waals surface area contributed by atoms with Gasteiger partial charge in [0.25, 0.3) is 5.91 Å². The second-order valence-electron chi connectivity index (χ2n) is 4.88. The number of carbonyl (C=O) groups excluding carboxylic acids is 1. The minimum atomic E-state index is -0.209. The van der Waals surface area contributed by atoms with Crippen molar-refractivity contribution in [2.75, 3.05) is 0 Å². The first-order chi connectivity index (χ1) is 10.6. The average Bonchev–Trinajstić information content (AvgIpc) is 2.84. The van der Waals surface area contributed by atoms with E-state index in [2.05, 4.69) is 10.3 Å². The van der Waals surface area contributed by atoms with Crippen molar-refractivity contribution in [3.8, 4) is 5.75 Å². The highest BCUT2D eigenvalue weighted by atomic mass is 32.2. The van der Waals surface area contributed by atoms with Gasteiger partial charge in [-0.2, -0.15) is 0 Å². The molecule has 1 heterocycles. The maximum Gasteiger partial charge on any atom is 0.264 e. The molecule has 1 saturated heterocycles. The number of hydrogen-bond acceptors (Lipinski definition) is 4. The molecule has 2 aromatic carbocycles. The summed E-state index contributed by atoms with van der Waals surface area (Å²) in [5.74, 6) is -0.0635. The number of thioether (sulfide) groups is 1. The van der Waals surface area contributed by atoms with Crippen LogP contribution in [-0.4, -0.2) is 16.2 Å². The van der Waals surface area contributed by atoms with Crippen molar-refractivity contribution in [2.45, 2.75) is 6.92 Å². The van der Waals surface area contributed by atoms with Crippen molar-refractivity contribution >= 4 is 34.6 Å². The zero-order valence-corrected chi connectivity index (χ0v) is 12.7. The number of amides is 1. The molecule has 1 amide bonds. The Morgan fingerprint density at radius 2 is 1.86 bits per heavy atom. The van der Waals surface area contributed by atoms with E-state index in [9.17, 15) is 9.90 Å². The van der Waals surface area contributed by atoms with Crippen molar-refractivity contribution in [1.29, 1.82) is 0 Å². The van der Waals surface area contributed by atoms with Gasteiger partial charge in [-0.3, -0.25) is 4.79 Å². The van der Waals surface area contributed by atoms with Gasteiger partial charge in [0.1, 0.15) is 5.75 Å². The minimum absolute atomic E-state index is 0.146. The Morgan fingerprint density at radius 3 is 2.59 bits per heavy atom. The lowest BCUT2D eigenvalue weighted by Gasteiger charge is -1.98. The van der Waals surface area contributed by atoms with Crippen LogP contribution in [0, 0.1) is 6.92 Å². The number of rotatable bonds is 2. The number of aromatic hydroxyl groups is 1. The number of hydrogen-bond donors (Lipinski definition) is 2. The van der Waals surface area contributed by atoms with Crippen LogP contribution in [0.1, 0.15) is 11.1 Å². The van der Waals surface area contributed by atoms with Gasteiger partial charge in [0.15, 0.2) is 5.17 Å². The number of aliphatic imine (C=N–C) groups is 1. The van der Waals surface area contributed by atoms with E-state index in [1.54, 1.807) is 24.3 Å². The molecule has 1 aliphatic heterocycles. The molecule has 0 saturated carbocycles. The van der Waals surface area contributed by atoms with E-state index in [4.69, 9.17) is 0 Å². The Morgan fingerprint density at radius 1 is 1.14 bits per heavy atom. The van der Waals surface area contributed by atoms with Crippen LogP contribution < -0.4 is 5.32 Å². The summed E-state index contributed by atoms with van der Waals surface area (Å²) in [7, 11) is 0. The zero-order chi connectivity index (χ0) is 15.5. The van der Waals surface area contributed by atoms with Crippen LogP contribution >= 0.6 is 11.8 Å². The van der Waals surface area contributed by atoms with Gasteiger partial charge in [0.2, 0.25) is 0 Å². The lowest BCUT2D eigenvalue weighted by atomic mass is 10.2. The number of amidine groups is 1. The fourth-order valence-corrected chi connectivity index (χ4v) is 2.80. The third-order valence-electron chi connectivity index (χ3n) is 3.14. The second kappa shape index (κ2) is 6.07. The van der Waals surface area contributed by atoms with Crippen LogP contribution in [0.5, 0.6) is 5.75 Å². The Kier molecular flexibility index (Phi) is 3.98. The summed E-state index contributed by atoms with van der Waals surface area (Å²) in [5, 5.41) is 13.0. The average molecular weight is 310 g/mol. The molecule has 0 spiro atoms. The quantitative estimate of drug-likeness (QED) is 0.833. The summed E-state index contributed by atoms with van der Waals surface area (Å²) in [6, 6.07) is 14.6. The third kappa shape index (κ3) is 3.20. The fourth-order valence-electron chi connectivity index (χ4n) is 1.97. The largest absolute Gasteiger partial charge is 0.507 e. The molecule has 4 nitrogen and oxygen atoms in total. The SMILES string of the molecule is Cc1ccc(N=C2NC(=O)/C(=C/c3ccccc3O)S2)cc1. The highest BCUT2D eigenvalue weighted by Gasteiger charge is 2.24. The molecule has 0 radical (unpaired) electrons. The van der Waals surface area contributed by atoms with Gasteiger partial charge >= 0.3 is 0 Å². The first-order valence-corrected chi connectivity index (χ1v) is 7.58. The van der Waals surface area contributed by atoms with E-state index in [0.29, 0.717) is 15.6 Å². The van der Waals surface area contributed by atoms with Crippen molar-refractivity contribution in [1.82, 2.24) is 5.32 Å². The monoisotopic (exact) mass is 310 g/mol. The van der Waals surface area contributed by atoms with Gasteiger partial charge in [0, 0.05) is 5.56 Å². The Bertz CT molecular complexity index is 780. The van der Waals surface area contributed by atoms with E-state index in [0.717, 1.165) is 11.3 Å². The number of aryl methyl sites for hydroxylation is 1. The lowest BCUT2D eigenvalue weighted by molar-refractivity contribution is -0.115. The van der Waals surface area contributed by atoms with Gasteiger partial charge in [-0.15, -0.1) is 0 Å². The maximum atomic E-state index is 12.0. The van der Waals surface area contributed by atoms with Crippen molar-refractivity contribution in [3.63, 3.8) is 0 Å². The number of phenolic OH excluding ortho intramolecular Hbond substituents is 1. The zero-order valence-electron chi connectivity index (χ0n) is 11.9. The van der Waals surface area contributed by atoms with E-state index in [1.807, 2.05) is 37.3 Å². The van der Waals surface area contributed by atoms with Gasteiger partial charge in [0.05, 0.1) is 10.6 Å². The summed E-state index contributed by atoms with van der Waals surface area (Å²) >= 11 is 1.26.